The van der Waals surface area contributed by atoms with Crippen LogP contribution in [0.4, 0.5) is 0 Å². The Morgan fingerprint density at radius 2 is 0.625 bits per heavy atom. The molecule has 10 nitrogen and oxygen atoms in total. The first kappa shape index (κ1) is 37.5. The summed E-state index contributed by atoms with van der Waals surface area (Å²) in [7, 11) is -5.66. The van der Waals surface area contributed by atoms with E-state index in [0.717, 1.165) is 37.0 Å². The summed E-state index contributed by atoms with van der Waals surface area (Å²) in [5.41, 5.74) is 0. The van der Waals surface area contributed by atoms with Crippen LogP contribution in [0.5, 0.6) is 0 Å². The van der Waals surface area contributed by atoms with Crippen molar-refractivity contribution in [1.29, 1.82) is 31.6 Å². The fourth-order valence-corrected chi connectivity index (χ4v) is 5.76. The van der Waals surface area contributed by atoms with E-state index in [1.165, 1.54) is 0 Å². The zero-order valence-electron chi connectivity index (χ0n) is 17.4. The Bertz CT molecular complexity index is 672. The summed E-state index contributed by atoms with van der Waals surface area (Å²) >= 11 is 0. The Hall–Kier alpha value is -1.84. The predicted octanol–water partition coefficient (Wildman–Crippen LogP) is 3.08. The zero-order valence-corrected chi connectivity index (χ0v) is 21.0. The molecule has 0 amide bonds. The number of hydrogen-bond acceptors (Lipinski definition) is 10. The van der Waals surface area contributed by atoms with E-state index in [4.69, 9.17) is 49.1 Å². The summed E-state index contributed by atoms with van der Waals surface area (Å²) in [6.45, 7) is 0. The fraction of sp³-hybridized carbons (Fsp3) is 0.667. The second-order valence-electron chi connectivity index (χ2n) is 5.54. The van der Waals surface area contributed by atoms with E-state index < -0.39 is 10.4 Å². The molecule has 0 unspecified atom stereocenters. The molecule has 0 aliphatic carbocycles. The van der Waals surface area contributed by atoms with Gasteiger partial charge in [0.1, 0.15) is 0 Å². The molecule has 0 atom stereocenters. The van der Waals surface area contributed by atoms with Gasteiger partial charge in [0.25, 0.3) is 0 Å². The molecule has 0 aromatic heterocycles. The molecule has 14 heteroatoms. The second-order valence-corrected chi connectivity index (χ2v) is 11.7. The molecule has 0 N–H and O–H groups in total. The third-order valence-corrected chi connectivity index (χ3v) is 8.38. The average molecular weight is 541 g/mol. The molecule has 0 spiro atoms. The standard InChI is InChI=1S/2C9H12N3P.Ni.H2O4S/c2*10-4-1-7-13(8-2-5-11)9-3-6-12;;1-5(2,3)4/h2*1-3,7-9H2;;(H2,1,2,3,4)/q;;+2;/p-2. The van der Waals surface area contributed by atoms with Crippen LogP contribution in [-0.4, -0.2) is 54.5 Å². The van der Waals surface area contributed by atoms with E-state index in [2.05, 4.69) is 36.4 Å². The van der Waals surface area contributed by atoms with E-state index >= 15 is 0 Å². The number of nitrogens with zero attached hydrogens (tertiary/aromatic N) is 6. The Kier molecular flexibility index (Phi) is 34.2. The van der Waals surface area contributed by atoms with Crippen molar-refractivity contribution in [2.75, 3.05) is 37.0 Å². The maximum absolute atomic E-state index is 8.52. The molecule has 0 aliphatic rings. The monoisotopic (exact) mass is 540 g/mol. The molecule has 32 heavy (non-hydrogen) atoms. The Morgan fingerprint density at radius 1 is 0.500 bits per heavy atom. The maximum Gasteiger partial charge on any atom is 2.00 e. The van der Waals surface area contributed by atoms with E-state index in [0.29, 0.717) is 38.5 Å². The minimum atomic E-state index is -5.17. The summed E-state index contributed by atoms with van der Waals surface area (Å²) in [4.78, 5) is 0. The van der Waals surface area contributed by atoms with Crippen LogP contribution in [0.3, 0.4) is 0 Å². The van der Waals surface area contributed by atoms with Gasteiger partial charge < -0.3 is 9.11 Å². The van der Waals surface area contributed by atoms with Crippen molar-refractivity contribution in [2.24, 2.45) is 0 Å². The molecule has 176 valence electrons. The van der Waals surface area contributed by atoms with Crippen LogP contribution >= 0.6 is 15.8 Å². The van der Waals surface area contributed by atoms with Crippen molar-refractivity contribution in [2.45, 2.75) is 38.5 Å². The molecule has 0 aromatic rings. The van der Waals surface area contributed by atoms with Crippen LogP contribution in [0.25, 0.3) is 0 Å². The molecular weight excluding hydrogens is 517 g/mol. The SMILES string of the molecule is N#CCCP(CCC#N)CCC#N.N#CCCP(CCC#N)CCC#N.O=S(=O)([O-])[O-].[Ni+2]. The van der Waals surface area contributed by atoms with Gasteiger partial charge in [0, 0.05) is 48.9 Å². The van der Waals surface area contributed by atoms with Gasteiger partial charge >= 0.3 is 16.5 Å². The Balaban J connectivity index is -0.000000198. The third kappa shape index (κ3) is 42.3. The summed E-state index contributed by atoms with van der Waals surface area (Å²) in [6.07, 6.45) is 8.65. The topological polar surface area (TPSA) is 223 Å². The summed E-state index contributed by atoms with van der Waals surface area (Å²) < 4.78 is 34.1. The number of hydrogen-bond donors (Lipinski definition) is 0. The molecule has 0 heterocycles. The van der Waals surface area contributed by atoms with Crippen LogP contribution < -0.4 is 0 Å². The van der Waals surface area contributed by atoms with Crippen molar-refractivity contribution >= 4 is 26.2 Å². The van der Waals surface area contributed by atoms with Gasteiger partial charge in [-0.1, -0.05) is 0 Å². The van der Waals surface area contributed by atoms with Crippen molar-refractivity contribution in [1.82, 2.24) is 0 Å². The minimum absolute atomic E-state index is 0. The predicted molar refractivity (Wildman–Crippen MR) is 115 cm³/mol. The largest absolute Gasteiger partial charge is 2.00 e. The molecule has 0 bridgehead atoms. The summed E-state index contributed by atoms with van der Waals surface area (Å²) in [6, 6.07) is 12.6. The molecule has 0 radical (unpaired) electrons. The summed E-state index contributed by atoms with van der Waals surface area (Å²) in [5.74, 6) is 0. The van der Waals surface area contributed by atoms with Crippen molar-refractivity contribution < 1.29 is 34.0 Å². The molecule has 0 saturated heterocycles. The smallest absolute Gasteiger partial charge is 0.759 e. The van der Waals surface area contributed by atoms with Crippen LogP contribution in [-0.2, 0) is 26.9 Å². The van der Waals surface area contributed by atoms with Crippen molar-refractivity contribution in [3.8, 4) is 36.4 Å². The quantitative estimate of drug-likeness (QED) is 0.152. The first-order valence-corrected chi connectivity index (χ1v) is 14.2. The number of rotatable bonds is 12. The van der Waals surface area contributed by atoms with E-state index in [-0.39, 0.29) is 32.3 Å². The molecule has 0 rings (SSSR count). The average Bonchev–Trinajstić information content (AvgIpc) is 2.72. The first-order chi connectivity index (χ1) is 14.7. The van der Waals surface area contributed by atoms with Gasteiger partial charge in [-0.2, -0.15) is 31.6 Å². The fourth-order valence-electron chi connectivity index (χ4n) is 1.92. The molecule has 0 saturated carbocycles. The molecule has 0 fully saturated rings. The van der Waals surface area contributed by atoms with Gasteiger partial charge in [-0.05, 0) is 37.0 Å². The Labute approximate surface area is 203 Å². The molecule has 0 aliphatic heterocycles. The van der Waals surface area contributed by atoms with Gasteiger partial charge in [-0.15, -0.1) is 15.8 Å². The van der Waals surface area contributed by atoms with Crippen LogP contribution in [0.15, 0.2) is 0 Å². The normalized spacial score (nSPS) is 8.94. The van der Waals surface area contributed by atoms with E-state index in [1.807, 2.05) is 0 Å². The van der Waals surface area contributed by atoms with Crippen LogP contribution in [0.1, 0.15) is 38.5 Å². The molecule has 0 aromatic carbocycles. The van der Waals surface area contributed by atoms with Gasteiger partial charge in [-0.3, -0.25) is 8.42 Å². The zero-order chi connectivity index (χ0) is 24.4. The third-order valence-electron chi connectivity index (χ3n) is 3.24. The van der Waals surface area contributed by atoms with E-state index in [1.54, 1.807) is 0 Å². The summed E-state index contributed by atoms with van der Waals surface area (Å²) in [5, 5.41) is 50.4. The molecular formula is C18H24N6NiO4P2S. The van der Waals surface area contributed by atoms with Crippen molar-refractivity contribution in [3.63, 3.8) is 0 Å². The minimum Gasteiger partial charge on any atom is -0.759 e. The van der Waals surface area contributed by atoms with Gasteiger partial charge in [0.15, 0.2) is 0 Å². The van der Waals surface area contributed by atoms with Gasteiger partial charge in [0.2, 0.25) is 0 Å². The van der Waals surface area contributed by atoms with Gasteiger partial charge in [0.05, 0.1) is 36.4 Å². The first-order valence-electron chi connectivity index (χ1n) is 9.03. The Morgan fingerprint density at radius 3 is 0.719 bits per heavy atom. The van der Waals surface area contributed by atoms with Crippen molar-refractivity contribution in [3.05, 3.63) is 0 Å². The second kappa shape index (κ2) is 29.2. The maximum atomic E-state index is 8.52. The van der Waals surface area contributed by atoms with Crippen LogP contribution in [0, 0.1) is 68.0 Å². The van der Waals surface area contributed by atoms with Gasteiger partial charge in [-0.25, -0.2) is 0 Å². The van der Waals surface area contributed by atoms with Crippen LogP contribution in [0.2, 0.25) is 0 Å². The number of nitriles is 6. The van der Waals surface area contributed by atoms with E-state index in [9.17, 15) is 0 Å².